The van der Waals surface area contributed by atoms with Crippen molar-refractivity contribution in [2.24, 2.45) is 0 Å². The van der Waals surface area contributed by atoms with Crippen LogP contribution in [0, 0.1) is 0 Å². The van der Waals surface area contributed by atoms with Gasteiger partial charge in [0.2, 0.25) is 0 Å². The summed E-state index contributed by atoms with van der Waals surface area (Å²) < 4.78 is 3.61. The normalized spacial score (nSPS) is 10.8. The average Bonchev–Trinajstić information content (AvgIpc) is 2.45. The first-order valence-electron chi connectivity index (χ1n) is 5.84. The molecule has 3 rings (SSSR count). The zero-order chi connectivity index (χ0) is 13.2. The molecule has 0 aliphatic carbocycles. The Bertz CT molecular complexity index is 781. The predicted octanol–water partition coefficient (Wildman–Crippen LogP) is 1.68. The van der Waals surface area contributed by atoms with E-state index >= 15 is 0 Å². The van der Waals surface area contributed by atoms with Crippen LogP contribution in [0.15, 0.2) is 59.8 Å². The zero-order valence-electron chi connectivity index (χ0n) is 10.0. The van der Waals surface area contributed by atoms with Crippen LogP contribution < -0.4 is 10.1 Å². The van der Waals surface area contributed by atoms with Crippen molar-refractivity contribution in [1.29, 1.82) is 0 Å². The highest BCUT2D eigenvalue weighted by atomic mass is 35.5. The monoisotopic (exact) mass is 272 g/mol. The standard InChI is InChI=1S/C14H11ClN3O/c15-12-5-4-11(9-16-12)10-17-8-6-14(19)18-7-2-1-3-13(17)18/h1-9H,10H2/q+1. The third-order valence-electron chi connectivity index (χ3n) is 2.91. The van der Waals surface area contributed by atoms with Crippen LogP contribution in [0.3, 0.4) is 0 Å². The van der Waals surface area contributed by atoms with Gasteiger partial charge in [-0.2, -0.15) is 4.40 Å². The van der Waals surface area contributed by atoms with E-state index in [1.807, 2.05) is 28.8 Å². The molecule has 0 saturated heterocycles. The molecule has 0 atom stereocenters. The molecule has 0 fully saturated rings. The van der Waals surface area contributed by atoms with Gasteiger partial charge in [0.1, 0.15) is 11.7 Å². The minimum Gasteiger partial charge on any atom is -0.244 e. The Hall–Kier alpha value is -2.20. The van der Waals surface area contributed by atoms with Crippen LogP contribution in [-0.4, -0.2) is 9.38 Å². The number of halogens is 1. The molecule has 19 heavy (non-hydrogen) atoms. The van der Waals surface area contributed by atoms with Crippen molar-refractivity contribution >= 4 is 17.2 Å². The molecule has 0 radical (unpaired) electrons. The summed E-state index contributed by atoms with van der Waals surface area (Å²) in [5.41, 5.74) is 1.82. The second kappa shape index (κ2) is 4.82. The van der Waals surface area contributed by atoms with Gasteiger partial charge in [-0.05, 0) is 12.1 Å². The zero-order valence-corrected chi connectivity index (χ0v) is 10.8. The van der Waals surface area contributed by atoms with E-state index in [4.69, 9.17) is 11.6 Å². The second-order valence-electron chi connectivity index (χ2n) is 4.20. The van der Waals surface area contributed by atoms with Crippen LogP contribution in [0.1, 0.15) is 5.56 Å². The van der Waals surface area contributed by atoms with Crippen LogP contribution in [0.4, 0.5) is 0 Å². The molecule has 94 valence electrons. The Kier molecular flexibility index (Phi) is 3.01. The lowest BCUT2D eigenvalue weighted by Crippen LogP contribution is -2.39. The summed E-state index contributed by atoms with van der Waals surface area (Å²) in [5, 5.41) is 0.475. The van der Waals surface area contributed by atoms with Gasteiger partial charge in [0, 0.05) is 17.8 Å². The third kappa shape index (κ3) is 2.35. The van der Waals surface area contributed by atoms with Gasteiger partial charge in [-0.1, -0.05) is 23.7 Å². The molecule has 0 aliphatic heterocycles. The Morgan fingerprint density at radius 2 is 2.11 bits per heavy atom. The van der Waals surface area contributed by atoms with Crippen LogP contribution in [0.2, 0.25) is 5.15 Å². The van der Waals surface area contributed by atoms with E-state index in [0.29, 0.717) is 11.7 Å². The fraction of sp³-hybridized carbons (Fsp3) is 0.0714. The lowest BCUT2D eigenvalue weighted by atomic mass is 10.3. The SMILES string of the molecule is O=c1cc[n+](Cc2ccc(Cl)nc2)c2ccccn12. The number of fused-ring (bicyclic) bond motifs is 1. The first-order chi connectivity index (χ1) is 9.24. The third-order valence-corrected chi connectivity index (χ3v) is 3.13. The summed E-state index contributed by atoms with van der Waals surface area (Å²) in [4.78, 5) is 15.8. The molecule has 3 aromatic rings. The molecule has 0 spiro atoms. The molecule has 0 N–H and O–H groups in total. The fourth-order valence-electron chi connectivity index (χ4n) is 2.00. The van der Waals surface area contributed by atoms with E-state index in [-0.39, 0.29) is 5.56 Å². The average molecular weight is 273 g/mol. The van der Waals surface area contributed by atoms with Gasteiger partial charge in [-0.15, -0.1) is 0 Å². The topological polar surface area (TPSA) is 38.2 Å². The van der Waals surface area contributed by atoms with E-state index in [1.54, 1.807) is 35.1 Å². The Morgan fingerprint density at radius 1 is 1.21 bits per heavy atom. The number of hydrogen-bond acceptors (Lipinski definition) is 2. The smallest absolute Gasteiger partial charge is 0.244 e. The van der Waals surface area contributed by atoms with E-state index < -0.39 is 0 Å². The van der Waals surface area contributed by atoms with Crippen molar-refractivity contribution in [2.75, 3.05) is 0 Å². The largest absolute Gasteiger partial charge is 0.342 e. The minimum atomic E-state index is -0.0407. The number of aromatic nitrogens is 3. The number of nitrogens with zero attached hydrogens (tertiary/aromatic N) is 3. The number of pyridine rings is 2. The highest BCUT2D eigenvalue weighted by Crippen LogP contribution is 2.05. The maximum absolute atomic E-state index is 11.7. The summed E-state index contributed by atoms with van der Waals surface area (Å²) in [5.74, 6) is 0. The van der Waals surface area contributed by atoms with Crippen molar-refractivity contribution < 1.29 is 4.57 Å². The molecule has 5 heteroatoms. The van der Waals surface area contributed by atoms with Crippen molar-refractivity contribution in [1.82, 2.24) is 9.38 Å². The van der Waals surface area contributed by atoms with Crippen molar-refractivity contribution in [2.45, 2.75) is 6.54 Å². The lowest BCUT2D eigenvalue weighted by molar-refractivity contribution is -0.666. The molecular weight excluding hydrogens is 262 g/mol. The lowest BCUT2D eigenvalue weighted by Gasteiger charge is -2.03. The van der Waals surface area contributed by atoms with Gasteiger partial charge in [-0.3, -0.25) is 0 Å². The summed E-state index contributed by atoms with van der Waals surface area (Å²) in [6, 6.07) is 10.9. The highest BCUT2D eigenvalue weighted by Gasteiger charge is 2.09. The fourth-order valence-corrected chi connectivity index (χ4v) is 2.11. The highest BCUT2D eigenvalue weighted by molar-refractivity contribution is 6.29. The number of hydrogen-bond donors (Lipinski definition) is 0. The minimum absolute atomic E-state index is 0.0407. The van der Waals surface area contributed by atoms with Crippen molar-refractivity contribution in [3.05, 3.63) is 76.1 Å². The van der Waals surface area contributed by atoms with Crippen LogP contribution in [0.5, 0.6) is 0 Å². The van der Waals surface area contributed by atoms with Crippen LogP contribution in [-0.2, 0) is 6.54 Å². The number of rotatable bonds is 2. The summed E-state index contributed by atoms with van der Waals surface area (Å²) in [7, 11) is 0. The molecule has 0 unspecified atom stereocenters. The molecule has 0 amide bonds. The van der Waals surface area contributed by atoms with Crippen LogP contribution in [0.25, 0.3) is 5.65 Å². The van der Waals surface area contributed by atoms with Gasteiger partial charge in [-0.25, -0.2) is 14.3 Å². The maximum Gasteiger partial charge on any atom is 0.342 e. The first-order valence-corrected chi connectivity index (χ1v) is 6.22. The van der Waals surface area contributed by atoms with Crippen LogP contribution >= 0.6 is 11.6 Å². The molecular formula is C14H11ClN3O+. The summed E-state index contributed by atoms with van der Waals surface area (Å²) in [6.45, 7) is 0.637. The van der Waals surface area contributed by atoms with E-state index in [2.05, 4.69) is 4.98 Å². The molecule has 0 aromatic carbocycles. The summed E-state index contributed by atoms with van der Waals surface area (Å²) in [6.07, 6.45) is 5.28. The molecule has 0 bridgehead atoms. The maximum atomic E-state index is 11.7. The molecule has 0 aliphatic rings. The van der Waals surface area contributed by atoms with Gasteiger partial charge in [0.25, 0.3) is 5.65 Å². The van der Waals surface area contributed by atoms with Crippen molar-refractivity contribution in [3.8, 4) is 0 Å². The first kappa shape index (κ1) is 11.9. The Morgan fingerprint density at radius 3 is 2.89 bits per heavy atom. The molecule has 4 nitrogen and oxygen atoms in total. The molecule has 3 aromatic heterocycles. The molecule has 0 saturated carbocycles. The Balaban J connectivity index is 2.08. The van der Waals surface area contributed by atoms with E-state index in [0.717, 1.165) is 11.2 Å². The van der Waals surface area contributed by atoms with Crippen molar-refractivity contribution in [3.63, 3.8) is 0 Å². The Labute approximate surface area is 114 Å². The molecule has 3 heterocycles. The predicted molar refractivity (Wildman–Crippen MR) is 72.2 cm³/mol. The van der Waals surface area contributed by atoms with Gasteiger partial charge in [0.05, 0.1) is 18.5 Å². The summed E-state index contributed by atoms with van der Waals surface area (Å²) >= 11 is 5.77. The quantitative estimate of drug-likeness (QED) is 0.526. The van der Waals surface area contributed by atoms with Gasteiger partial charge >= 0.3 is 5.56 Å². The second-order valence-corrected chi connectivity index (χ2v) is 4.59. The van der Waals surface area contributed by atoms with Gasteiger partial charge in [0.15, 0.2) is 0 Å². The van der Waals surface area contributed by atoms with Gasteiger partial charge < -0.3 is 0 Å². The van der Waals surface area contributed by atoms with E-state index in [1.165, 1.54) is 0 Å². The van der Waals surface area contributed by atoms with E-state index in [9.17, 15) is 4.79 Å².